The zero-order valence-electron chi connectivity index (χ0n) is 14.8. The SMILES string of the molecule is OC1(c2cc(F)c(F)c(F)c2)CCC(C2CCC3(CC2)OCCO3)CC1. The summed E-state index contributed by atoms with van der Waals surface area (Å²) in [6.07, 6.45) is 6.39. The molecule has 2 saturated carbocycles. The molecule has 3 aliphatic rings. The summed E-state index contributed by atoms with van der Waals surface area (Å²) < 4.78 is 51.8. The number of aliphatic hydroxyl groups is 1. The zero-order chi connectivity index (χ0) is 18.4. The standard InChI is InChI=1S/C20H25F3O3/c21-16-11-15(12-17(22)18(16)23)19(24)5-1-13(2-6-19)14-3-7-20(8-4-14)25-9-10-26-20/h11-14,24H,1-10H2. The molecule has 1 aromatic rings. The van der Waals surface area contributed by atoms with Crippen LogP contribution in [-0.2, 0) is 15.1 Å². The van der Waals surface area contributed by atoms with E-state index in [-0.39, 0.29) is 11.4 Å². The lowest BCUT2D eigenvalue weighted by atomic mass is 9.67. The van der Waals surface area contributed by atoms with Crippen LogP contribution < -0.4 is 0 Å². The largest absolute Gasteiger partial charge is 0.385 e. The molecule has 0 amide bonds. The lowest BCUT2D eigenvalue weighted by molar-refractivity contribution is -0.186. The molecule has 1 saturated heterocycles. The average molecular weight is 370 g/mol. The number of rotatable bonds is 2. The number of benzene rings is 1. The molecule has 0 radical (unpaired) electrons. The van der Waals surface area contributed by atoms with Crippen LogP contribution in [0.5, 0.6) is 0 Å². The van der Waals surface area contributed by atoms with Gasteiger partial charge in [0.1, 0.15) is 0 Å². The van der Waals surface area contributed by atoms with Crippen molar-refractivity contribution in [1.82, 2.24) is 0 Å². The third-order valence-electron chi connectivity index (χ3n) is 6.65. The molecule has 2 aliphatic carbocycles. The van der Waals surface area contributed by atoms with Gasteiger partial charge < -0.3 is 14.6 Å². The van der Waals surface area contributed by atoms with E-state index in [1.807, 2.05) is 0 Å². The van der Waals surface area contributed by atoms with Gasteiger partial charge in [-0.05, 0) is 68.1 Å². The van der Waals surface area contributed by atoms with Crippen LogP contribution in [0.25, 0.3) is 0 Å². The highest BCUT2D eigenvalue weighted by molar-refractivity contribution is 5.26. The first-order valence-corrected chi connectivity index (χ1v) is 9.56. The highest BCUT2D eigenvalue weighted by Gasteiger charge is 2.44. The average Bonchev–Trinajstić information content (AvgIpc) is 3.09. The van der Waals surface area contributed by atoms with E-state index in [4.69, 9.17) is 9.47 Å². The third kappa shape index (κ3) is 3.27. The van der Waals surface area contributed by atoms with Gasteiger partial charge in [-0.2, -0.15) is 0 Å². The number of halogens is 3. The van der Waals surface area contributed by atoms with E-state index in [2.05, 4.69) is 0 Å². The predicted molar refractivity (Wildman–Crippen MR) is 88.8 cm³/mol. The van der Waals surface area contributed by atoms with Crippen molar-refractivity contribution in [3.8, 4) is 0 Å². The van der Waals surface area contributed by atoms with Crippen molar-refractivity contribution < 1.29 is 27.8 Å². The first kappa shape index (κ1) is 18.3. The molecule has 1 aromatic carbocycles. The fraction of sp³-hybridized carbons (Fsp3) is 0.700. The summed E-state index contributed by atoms with van der Waals surface area (Å²) >= 11 is 0. The van der Waals surface area contributed by atoms with Gasteiger partial charge in [0.25, 0.3) is 0 Å². The minimum absolute atomic E-state index is 0.141. The molecule has 0 unspecified atom stereocenters. The van der Waals surface area contributed by atoms with Crippen molar-refractivity contribution in [1.29, 1.82) is 0 Å². The lowest BCUT2D eigenvalue weighted by Gasteiger charge is -2.43. The van der Waals surface area contributed by atoms with E-state index < -0.39 is 23.1 Å². The Bertz CT molecular complexity index is 631. The Kier molecular flexibility index (Phi) is 4.78. The highest BCUT2D eigenvalue weighted by atomic mass is 19.2. The van der Waals surface area contributed by atoms with E-state index in [1.54, 1.807) is 0 Å². The van der Waals surface area contributed by atoms with Gasteiger partial charge in [-0.3, -0.25) is 0 Å². The van der Waals surface area contributed by atoms with Crippen LogP contribution in [0.15, 0.2) is 12.1 Å². The zero-order valence-corrected chi connectivity index (χ0v) is 14.8. The Morgan fingerprint density at radius 2 is 1.27 bits per heavy atom. The predicted octanol–water partition coefficient (Wildman–Crippen LogP) is 4.42. The van der Waals surface area contributed by atoms with Gasteiger partial charge in [0.05, 0.1) is 18.8 Å². The molecule has 0 atom stereocenters. The second-order valence-electron chi connectivity index (χ2n) is 8.07. The van der Waals surface area contributed by atoms with Crippen LogP contribution in [0, 0.1) is 29.3 Å². The second kappa shape index (κ2) is 6.80. The Morgan fingerprint density at radius 1 is 0.808 bits per heavy atom. The van der Waals surface area contributed by atoms with Crippen molar-refractivity contribution in [2.75, 3.05) is 13.2 Å². The molecule has 3 fully saturated rings. The van der Waals surface area contributed by atoms with Crippen molar-refractivity contribution >= 4 is 0 Å². The van der Waals surface area contributed by atoms with E-state index >= 15 is 0 Å². The van der Waals surface area contributed by atoms with Gasteiger partial charge in [0, 0.05) is 12.8 Å². The van der Waals surface area contributed by atoms with Gasteiger partial charge in [-0.15, -0.1) is 0 Å². The topological polar surface area (TPSA) is 38.7 Å². The maximum Gasteiger partial charge on any atom is 0.194 e. The van der Waals surface area contributed by atoms with E-state index in [9.17, 15) is 18.3 Å². The monoisotopic (exact) mass is 370 g/mol. The number of ether oxygens (including phenoxy) is 2. The van der Waals surface area contributed by atoms with E-state index in [1.165, 1.54) is 0 Å². The molecule has 0 bridgehead atoms. The molecular formula is C20H25F3O3. The fourth-order valence-corrected chi connectivity index (χ4v) is 5.04. The molecule has 144 valence electrons. The van der Waals surface area contributed by atoms with Crippen LogP contribution in [0.2, 0.25) is 0 Å². The molecule has 1 N–H and O–H groups in total. The Labute approximate surface area is 151 Å². The maximum atomic E-state index is 13.5. The van der Waals surface area contributed by atoms with Crippen molar-refractivity contribution in [2.24, 2.45) is 11.8 Å². The highest BCUT2D eigenvalue weighted by Crippen LogP contribution is 2.48. The van der Waals surface area contributed by atoms with Crippen molar-refractivity contribution in [3.05, 3.63) is 35.1 Å². The Hall–Kier alpha value is -1.11. The molecule has 0 aromatic heterocycles. The molecule has 4 rings (SSSR count). The van der Waals surface area contributed by atoms with E-state index in [0.29, 0.717) is 37.9 Å². The molecule has 26 heavy (non-hydrogen) atoms. The van der Waals surface area contributed by atoms with Gasteiger partial charge in [0.15, 0.2) is 23.2 Å². The maximum absolute atomic E-state index is 13.5. The quantitative estimate of drug-likeness (QED) is 0.784. The Morgan fingerprint density at radius 3 is 1.77 bits per heavy atom. The van der Waals surface area contributed by atoms with Crippen LogP contribution in [-0.4, -0.2) is 24.1 Å². The first-order chi connectivity index (χ1) is 12.4. The van der Waals surface area contributed by atoms with Crippen molar-refractivity contribution in [2.45, 2.75) is 62.8 Å². The molecular weight excluding hydrogens is 345 g/mol. The summed E-state index contributed by atoms with van der Waals surface area (Å²) in [5, 5.41) is 10.9. The first-order valence-electron chi connectivity index (χ1n) is 9.56. The van der Waals surface area contributed by atoms with Crippen LogP contribution in [0.4, 0.5) is 13.2 Å². The van der Waals surface area contributed by atoms with Gasteiger partial charge in [-0.1, -0.05) is 0 Å². The smallest absolute Gasteiger partial charge is 0.194 e. The molecule has 1 spiro atoms. The molecule has 3 nitrogen and oxygen atoms in total. The lowest BCUT2D eigenvalue weighted by Crippen LogP contribution is -2.39. The van der Waals surface area contributed by atoms with Gasteiger partial charge >= 0.3 is 0 Å². The molecule has 1 heterocycles. The van der Waals surface area contributed by atoms with Gasteiger partial charge in [0.2, 0.25) is 0 Å². The summed E-state index contributed by atoms with van der Waals surface area (Å²) in [6, 6.07) is 1.86. The minimum Gasteiger partial charge on any atom is -0.385 e. The second-order valence-corrected chi connectivity index (χ2v) is 8.07. The molecule has 6 heteroatoms. The van der Waals surface area contributed by atoms with Crippen LogP contribution in [0.3, 0.4) is 0 Å². The fourth-order valence-electron chi connectivity index (χ4n) is 5.04. The number of hydrogen-bond acceptors (Lipinski definition) is 3. The van der Waals surface area contributed by atoms with Gasteiger partial charge in [-0.25, -0.2) is 13.2 Å². The summed E-state index contributed by atoms with van der Waals surface area (Å²) in [7, 11) is 0. The van der Waals surface area contributed by atoms with Crippen molar-refractivity contribution in [3.63, 3.8) is 0 Å². The normalized spacial score (nSPS) is 32.2. The Balaban J connectivity index is 1.38. The summed E-state index contributed by atoms with van der Waals surface area (Å²) in [4.78, 5) is 0. The van der Waals surface area contributed by atoms with Crippen LogP contribution >= 0.6 is 0 Å². The minimum atomic E-state index is -1.49. The van der Waals surface area contributed by atoms with Crippen LogP contribution in [0.1, 0.15) is 56.9 Å². The van der Waals surface area contributed by atoms with E-state index in [0.717, 1.165) is 50.7 Å². The summed E-state index contributed by atoms with van der Waals surface area (Å²) in [5.41, 5.74) is -1.14. The third-order valence-corrected chi connectivity index (χ3v) is 6.65. The summed E-state index contributed by atoms with van der Waals surface area (Å²) in [5.74, 6) is -3.29. The molecule has 1 aliphatic heterocycles. The number of hydrogen-bond donors (Lipinski definition) is 1. The summed E-state index contributed by atoms with van der Waals surface area (Å²) in [6.45, 7) is 1.35.